The molecule has 1 atom stereocenters. The van der Waals surface area contributed by atoms with Crippen molar-refractivity contribution in [3.8, 4) is 5.75 Å². The number of aliphatic carboxylic acids is 1. The normalized spacial score (nSPS) is 16.6. The summed E-state index contributed by atoms with van der Waals surface area (Å²) in [5.41, 5.74) is 0.762. The monoisotopic (exact) mass is 256 g/mol. The maximum Gasteiger partial charge on any atom is 0.387 e. The molecule has 1 unspecified atom stereocenters. The van der Waals surface area contributed by atoms with E-state index in [4.69, 9.17) is 5.11 Å². The second kappa shape index (κ2) is 5.33. The summed E-state index contributed by atoms with van der Waals surface area (Å²) in [7, 11) is 0. The molecular weight excluding hydrogens is 242 g/mol. The van der Waals surface area contributed by atoms with Crippen LogP contribution in [0.5, 0.6) is 5.75 Å². The van der Waals surface area contributed by atoms with Crippen LogP contribution < -0.4 is 4.74 Å². The summed E-state index contributed by atoms with van der Waals surface area (Å²) in [6.45, 7) is -2.86. The number of carboxylic acid groups (broad SMARTS) is 1. The maximum atomic E-state index is 12.1. The zero-order valence-electron chi connectivity index (χ0n) is 9.68. The van der Waals surface area contributed by atoms with Crippen LogP contribution in [-0.2, 0) is 4.79 Å². The Labute approximate surface area is 103 Å². The molecule has 0 aromatic heterocycles. The van der Waals surface area contributed by atoms with Crippen molar-refractivity contribution >= 4 is 5.97 Å². The van der Waals surface area contributed by atoms with Crippen molar-refractivity contribution in [2.45, 2.75) is 31.8 Å². The molecule has 0 spiro atoms. The van der Waals surface area contributed by atoms with E-state index in [9.17, 15) is 13.6 Å². The number of carboxylic acids is 1. The smallest absolute Gasteiger partial charge is 0.387 e. The maximum absolute atomic E-state index is 12.1. The summed E-state index contributed by atoms with van der Waals surface area (Å²) in [5.74, 6) is -0.544. The highest BCUT2D eigenvalue weighted by atomic mass is 19.3. The first-order valence-electron chi connectivity index (χ1n) is 5.83. The second-order valence-electron chi connectivity index (χ2n) is 4.49. The fourth-order valence-electron chi connectivity index (χ4n) is 2.16. The average molecular weight is 256 g/mol. The summed E-state index contributed by atoms with van der Waals surface area (Å²) in [4.78, 5) is 10.8. The zero-order valence-corrected chi connectivity index (χ0v) is 9.68. The van der Waals surface area contributed by atoms with Crippen molar-refractivity contribution in [2.75, 3.05) is 0 Å². The third-order valence-corrected chi connectivity index (χ3v) is 3.10. The summed E-state index contributed by atoms with van der Waals surface area (Å²) >= 11 is 0. The summed E-state index contributed by atoms with van der Waals surface area (Å²) in [5, 5.41) is 8.89. The molecule has 0 amide bonds. The molecule has 18 heavy (non-hydrogen) atoms. The minimum Gasteiger partial charge on any atom is -0.481 e. The van der Waals surface area contributed by atoms with Gasteiger partial charge < -0.3 is 9.84 Å². The van der Waals surface area contributed by atoms with Gasteiger partial charge in [0.25, 0.3) is 0 Å². The van der Waals surface area contributed by atoms with Gasteiger partial charge in [0.15, 0.2) is 0 Å². The molecule has 1 aromatic carbocycles. The van der Waals surface area contributed by atoms with Crippen molar-refractivity contribution < 1.29 is 23.4 Å². The van der Waals surface area contributed by atoms with Crippen LogP contribution >= 0.6 is 0 Å². The van der Waals surface area contributed by atoms with E-state index in [1.165, 1.54) is 12.1 Å². The van der Waals surface area contributed by atoms with Gasteiger partial charge in [-0.3, -0.25) is 4.79 Å². The quantitative estimate of drug-likeness (QED) is 0.849. The van der Waals surface area contributed by atoms with Crippen LogP contribution in [0, 0.1) is 5.92 Å². The van der Waals surface area contributed by atoms with Crippen LogP contribution in [0.1, 0.15) is 30.7 Å². The van der Waals surface area contributed by atoms with E-state index >= 15 is 0 Å². The lowest BCUT2D eigenvalue weighted by Gasteiger charge is -2.15. The SMILES string of the molecule is O=C(O)CC(c1cccc(OC(F)F)c1)C1CC1. The number of hydrogen-bond donors (Lipinski definition) is 1. The van der Waals surface area contributed by atoms with E-state index in [-0.39, 0.29) is 18.1 Å². The Morgan fingerprint density at radius 2 is 2.17 bits per heavy atom. The molecule has 0 saturated heterocycles. The molecule has 5 heteroatoms. The highest BCUT2D eigenvalue weighted by Crippen LogP contribution is 2.45. The lowest BCUT2D eigenvalue weighted by atomic mass is 9.91. The molecule has 1 aromatic rings. The molecule has 98 valence electrons. The van der Waals surface area contributed by atoms with Crippen molar-refractivity contribution in [3.63, 3.8) is 0 Å². The zero-order chi connectivity index (χ0) is 13.1. The Bertz CT molecular complexity index is 430. The first kappa shape index (κ1) is 12.8. The minimum atomic E-state index is -2.86. The lowest BCUT2D eigenvalue weighted by molar-refractivity contribution is -0.137. The van der Waals surface area contributed by atoms with Crippen LogP contribution in [0.4, 0.5) is 8.78 Å². The van der Waals surface area contributed by atoms with Crippen molar-refractivity contribution in [2.24, 2.45) is 5.92 Å². The molecule has 0 bridgehead atoms. The Balaban J connectivity index is 2.16. The van der Waals surface area contributed by atoms with E-state index in [0.717, 1.165) is 18.4 Å². The highest BCUT2D eigenvalue weighted by molar-refractivity contribution is 5.68. The standard InChI is InChI=1S/C13H14F2O3/c14-13(15)18-10-3-1-2-9(6-10)11(7-12(16)17)8-4-5-8/h1-3,6,8,11,13H,4-5,7H2,(H,16,17). The van der Waals surface area contributed by atoms with Crippen LogP contribution in [0.2, 0.25) is 0 Å². The molecule has 1 aliphatic rings. The third-order valence-electron chi connectivity index (χ3n) is 3.10. The molecule has 1 aliphatic carbocycles. The molecule has 0 heterocycles. The first-order valence-corrected chi connectivity index (χ1v) is 5.83. The fourth-order valence-corrected chi connectivity index (χ4v) is 2.16. The molecule has 2 rings (SSSR count). The van der Waals surface area contributed by atoms with Crippen LogP contribution in [0.25, 0.3) is 0 Å². The van der Waals surface area contributed by atoms with Gasteiger partial charge in [0, 0.05) is 0 Å². The van der Waals surface area contributed by atoms with Crippen LogP contribution in [0.3, 0.4) is 0 Å². The number of ether oxygens (including phenoxy) is 1. The highest BCUT2D eigenvalue weighted by Gasteiger charge is 2.33. The molecular formula is C13H14F2O3. The molecule has 0 aliphatic heterocycles. The number of rotatable bonds is 6. The van der Waals surface area contributed by atoms with Crippen LogP contribution in [0.15, 0.2) is 24.3 Å². The van der Waals surface area contributed by atoms with Gasteiger partial charge in [0.1, 0.15) is 5.75 Å². The summed E-state index contributed by atoms with van der Waals surface area (Å²) < 4.78 is 28.6. The fraction of sp³-hybridized carbons (Fsp3) is 0.462. The van der Waals surface area contributed by atoms with E-state index in [2.05, 4.69) is 4.74 Å². The van der Waals surface area contributed by atoms with Gasteiger partial charge in [-0.15, -0.1) is 0 Å². The average Bonchev–Trinajstić information content (AvgIpc) is 3.09. The number of carbonyl (C=O) groups is 1. The summed E-state index contributed by atoms with van der Waals surface area (Å²) in [6, 6.07) is 6.34. The molecule has 1 saturated carbocycles. The van der Waals surface area contributed by atoms with Crippen LogP contribution in [-0.4, -0.2) is 17.7 Å². The molecule has 1 N–H and O–H groups in total. The molecule has 1 fully saturated rings. The van der Waals surface area contributed by atoms with Crippen molar-refractivity contribution in [1.82, 2.24) is 0 Å². The van der Waals surface area contributed by atoms with Gasteiger partial charge in [-0.05, 0) is 42.4 Å². The topological polar surface area (TPSA) is 46.5 Å². The van der Waals surface area contributed by atoms with Gasteiger partial charge in [-0.2, -0.15) is 8.78 Å². The minimum absolute atomic E-state index is 0.0306. The number of alkyl halides is 2. The lowest BCUT2D eigenvalue weighted by Crippen LogP contribution is -2.09. The third kappa shape index (κ3) is 3.42. The second-order valence-corrected chi connectivity index (χ2v) is 4.49. The van der Waals surface area contributed by atoms with Crippen molar-refractivity contribution in [1.29, 1.82) is 0 Å². The molecule has 0 radical (unpaired) electrons. The van der Waals surface area contributed by atoms with Gasteiger partial charge in [0.05, 0.1) is 6.42 Å². The Kier molecular flexibility index (Phi) is 3.79. The van der Waals surface area contributed by atoms with Gasteiger partial charge in [-0.1, -0.05) is 12.1 Å². The first-order chi connectivity index (χ1) is 8.56. The van der Waals surface area contributed by atoms with Crippen molar-refractivity contribution in [3.05, 3.63) is 29.8 Å². The predicted molar refractivity (Wildman–Crippen MR) is 60.8 cm³/mol. The van der Waals surface area contributed by atoms with E-state index in [0.29, 0.717) is 5.92 Å². The number of hydrogen-bond acceptors (Lipinski definition) is 2. The predicted octanol–water partition coefficient (Wildman–Crippen LogP) is 3.26. The van der Waals surface area contributed by atoms with Gasteiger partial charge >= 0.3 is 12.6 Å². The largest absolute Gasteiger partial charge is 0.481 e. The Morgan fingerprint density at radius 3 is 2.72 bits per heavy atom. The molecule has 3 nitrogen and oxygen atoms in total. The van der Waals surface area contributed by atoms with Gasteiger partial charge in [-0.25, -0.2) is 0 Å². The number of halogens is 2. The van der Waals surface area contributed by atoms with Gasteiger partial charge in [0.2, 0.25) is 0 Å². The number of benzene rings is 1. The van der Waals surface area contributed by atoms with E-state index in [1.54, 1.807) is 12.1 Å². The van der Waals surface area contributed by atoms with E-state index in [1.807, 2.05) is 0 Å². The Morgan fingerprint density at radius 1 is 1.44 bits per heavy atom. The Hall–Kier alpha value is -1.65. The summed E-state index contributed by atoms with van der Waals surface area (Å²) in [6.07, 6.45) is 2.03. The van der Waals surface area contributed by atoms with E-state index < -0.39 is 12.6 Å².